The molecule has 46 heavy (non-hydrogen) atoms. The van der Waals surface area contributed by atoms with Crippen molar-refractivity contribution in [2.24, 2.45) is 0 Å². The Bertz CT molecular complexity index is 1670. The molecule has 2 aliphatic carbocycles. The average Bonchev–Trinajstić information content (AvgIpc) is 3.51. The Balaban J connectivity index is 0.00000208. The van der Waals surface area contributed by atoms with Gasteiger partial charge in [-0.25, -0.2) is 0 Å². The van der Waals surface area contributed by atoms with Crippen LogP contribution in [0.5, 0.6) is 0 Å². The van der Waals surface area contributed by atoms with Gasteiger partial charge in [0.15, 0.2) is 0 Å². The van der Waals surface area contributed by atoms with E-state index >= 15 is 0 Å². The van der Waals surface area contributed by atoms with E-state index in [0.29, 0.717) is 7.25 Å². The number of aryl methyl sites for hydroxylation is 2. The number of rotatable bonds is 8. The van der Waals surface area contributed by atoms with Gasteiger partial charge < -0.3 is 24.8 Å². The van der Waals surface area contributed by atoms with E-state index < -0.39 is 31.3 Å². The predicted molar refractivity (Wildman–Crippen MR) is 189 cm³/mol. The van der Waals surface area contributed by atoms with E-state index in [9.17, 15) is 0 Å². The Morgan fingerprint density at radius 3 is 1.33 bits per heavy atom. The van der Waals surface area contributed by atoms with Crippen LogP contribution in [0, 0.1) is 0 Å². The molecule has 4 aromatic carbocycles. The first-order valence-corrected chi connectivity index (χ1v) is 22.8. The summed E-state index contributed by atoms with van der Waals surface area (Å²) in [5, 5.41) is 3.49. The summed E-state index contributed by atoms with van der Waals surface area (Å²) >= 11 is -0.894. The average molecular weight is 741 g/mol. The number of halogens is 2. The molecule has 0 fully saturated rings. The molecule has 0 saturated heterocycles. The van der Waals surface area contributed by atoms with Gasteiger partial charge in [0.05, 0.1) is 0 Å². The van der Waals surface area contributed by atoms with Crippen LogP contribution in [-0.2, 0) is 36.1 Å². The molecule has 0 spiro atoms. The molecule has 0 saturated carbocycles. The summed E-state index contributed by atoms with van der Waals surface area (Å²) < 4.78 is 1.32. The second-order valence-electron chi connectivity index (χ2n) is 13.9. The van der Waals surface area contributed by atoms with E-state index in [-0.39, 0.29) is 24.8 Å². The number of benzene rings is 4. The maximum Gasteiger partial charge on any atom is -1.00 e. The van der Waals surface area contributed by atoms with E-state index in [1.54, 1.807) is 43.8 Å². The van der Waals surface area contributed by atoms with Crippen molar-refractivity contribution in [1.82, 2.24) is 0 Å². The fourth-order valence-electron chi connectivity index (χ4n) is 8.61. The SMILES string of the molecule is CCCCc1ccc(-c2cccc3c2C2=C(C)[CH]3[Zr+2][CH]3C(C)=C(c4c(-c5ccc(CCCC)cc5)cccc43)[Si]2(C)C)cc1.[Cl-].[Cl-]. The first-order chi connectivity index (χ1) is 21.3. The Labute approximate surface area is 302 Å². The molecule has 4 heteroatoms. The zero-order valence-corrected chi connectivity index (χ0v) is 33.2. The van der Waals surface area contributed by atoms with Crippen molar-refractivity contribution in [2.45, 2.75) is 86.6 Å². The van der Waals surface area contributed by atoms with E-state index in [1.807, 2.05) is 0 Å². The molecular formula is C42H46Cl2SiZr. The molecule has 0 N–H and O–H groups in total. The van der Waals surface area contributed by atoms with Gasteiger partial charge in [-0.05, 0) is 0 Å². The minimum absolute atomic E-state index is 0. The van der Waals surface area contributed by atoms with Crippen LogP contribution in [0.25, 0.3) is 32.6 Å². The topological polar surface area (TPSA) is 0 Å². The third-order valence-electron chi connectivity index (χ3n) is 10.7. The van der Waals surface area contributed by atoms with Crippen LogP contribution in [0.2, 0.25) is 13.1 Å². The molecule has 1 heterocycles. The molecular weight excluding hydrogens is 695 g/mol. The largest absolute Gasteiger partial charge is 1.00 e. The zero-order valence-electron chi connectivity index (χ0n) is 28.2. The fraction of sp³-hybridized carbons (Fsp3) is 0.333. The second-order valence-corrected chi connectivity index (χ2v) is 21.8. The van der Waals surface area contributed by atoms with Gasteiger partial charge in [-0.3, -0.25) is 0 Å². The Hall–Kier alpha value is -1.96. The van der Waals surface area contributed by atoms with Crippen molar-refractivity contribution >= 4 is 18.5 Å². The van der Waals surface area contributed by atoms with Crippen LogP contribution < -0.4 is 24.8 Å². The monoisotopic (exact) mass is 738 g/mol. The van der Waals surface area contributed by atoms with Gasteiger partial charge in [0.2, 0.25) is 0 Å². The number of allylic oxidation sites excluding steroid dienone is 2. The Morgan fingerprint density at radius 2 is 0.957 bits per heavy atom. The van der Waals surface area contributed by atoms with Gasteiger partial charge in [-0.2, -0.15) is 0 Å². The molecule has 7 rings (SSSR count). The summed E-state index contributed by atoms with van der Waals surface area (Å²) in [7, 11) is -2.08. The Morgan fingerprint density at radius 1 is 0.565 bits per heavy atom. The molecule has 0 amide bonds. The van der Waals surface area contributed by atoms with Crippen LogP contribution in [0.15, 0.2) is 96.1 Å². The van der Waals surface area contributed by atoms with Crippen molar-refractivity contribution in [3.05, 3.63) is 129 Å². The summed E-state index contributed by atoms with van der Waals surface area (Å²) in [5.41, 5.74) is 18.6. The molecule has 2 atom stereocenters. The minimum Gasteiger partial charge on any atom is -1.00 e. The van der Waals surface area contributed by atoms with Gasteiger partial charge in [-0.1, -0.05) is 0 Å². The molecule has 236 valence electrons. The smallest absolute Gasteiger partial charge is 1.00 e. The van der Waals surface area contributed by atoms with Crippen molar-refractivity contribution < 1.29 is 48.0 Å². The van der Waals surface area contributed by atoms with Crippen molar-refractivity contribution in [3.63, 3.8) is 0 Å². The normalized spacial score (nSPS) is 18.4. The van der Waals surface area contributed by atoms with Crippen LogP contribution in [0.1, 0.15) is 94.0 Å². The maximum atomic E-state index is 2.68. The quantitative estimate of drug-likeness (QED) is 0.196. The third kappa shape index (κ3) is 5.85. The number of unbranched alkanes of at least 4 members (excludes halogenated alkanes) is 2. The molecule has 0 aromatic heterocycles. The zero-order chi connectivity index (χ0) is 30.6. The Kier molecular flexibility index (Phi) is 11.0. The number of hydrogen-bond acceptors (Lipinski definition) is 0. The molecule has 3 aliphatic rings. The van der Waals surface area contributed by atoms with E-state index in [2.05, 4.69) is 126 Å². The number of fused-ring (bicyclic) bond motifs is 8. The van der Waals surface area contributed by atoms with Gasteiger partial charge in [0, 0.05) is 0 Å². The van der Waals surface area contributed by atoms with Crippen LogP contribution in [0.3, 0.4) is 0 Å². The van der Waals surface area contributed by atoms with Crippen LogP contribution in [0.4, 0.5) is 0 Å². The van der Waals surface area contributed by atoms with E-state index in [0.717, 1.165) is 0 Å². The molecule has 0 nitrogen and oxygen atoms in total. The molecule has 4 bridgehead atoms. The molecule has 4 aromatic rings. The van der Waals surface area contributed by atoms with Crippen molar-refractivity contribution in [2.75, 3.05) is 0 Å². The minimum atomic E-state index is -2.08. The first-order valence-electron chi connectivity index (χ1n) is 17.0. The van der Waals surface area contributed by atoms with Gasteiger partial charge in [-0.15, -0.1) is 0 Å². The van der Waals surface area contributed by atoms with E-state index in [4.69, 9.17) is 0 Å². The van der Waals surface area contributed by atoms with Crippen molar-refractivity contribution in [3.8, 4) is 22.3 Å². The standard InChI is InChI=1S/C42H46Si.2ClH.Zr/c1-7-9-13-31-19-23-33(24-20-31)37-17-11-15-35-27-29(3)41(39(35)37)43(5,6)42-30(4)28-36-16-12-18-38(40(36)42)34-25-21-32(22-26-34)14-10-8-2;;;/h11-12,15-28H,7-10,13-14H2,1-6H3;2*1H;/q;;;+2/p-2. The maximum absolute atomic E-state index is 2.68. The third-order valence-corrected chi connectivity index (χ3v) is 19.8. The summed E-state index contributed by atoms with van der Waals surface area (Å²) in [6, 6.07) is 33.7. The predicted octanol–water partition coefficient (Wildman–Crippen LogP) is 5.95. The van der Waals surface area contributed by atoms with Crippen molar-refractivity contribution in [1.29, 1.82) is 0 Å². The molecule has 0 radical (unpaired) electrons. The van der Waals surface area contributed by atoms with Gasteiger partial charge >= 0.3 is 280 Å². The second kappa shape index (κ2) is 14.3. The number of hydrogen-bond donors (Lipinski definition) is 0. The fourth-order valence-corrected chi connectivity index (χ4v) is 18.5. The summed E-state index contributed by atoms with van der Waals surface area (Å²) in [5.74, 6) is 0. The molecule has 1 aliphatic heterocycles. The summed E-state index contributed by atoms with van der Waals surface area (Å²) in [4.78, 5) is 0. The first kappa shape index (κ1) is 35.3. The summed E-state index contributed by atoms with van der Waals surface area (Å²) in [6.07, 6.45) is 7.39. The van der Waals surface area contributed by atoms with Crippen LogP contribution >= 0.6 is 0 Å². The summed E-state index contributed by atoms with van der Waals surface area (Å²) in [6.45, 7) is 15.0. The van der Waals surface area contributed by atoms with E-state index in [1.165, 1.54) is 71.9 Å². The van der Waals surface area contributed by atoms with Gasteiger partial charge in [0.1, 0.15) is 0 Å². The van der Waals surface area contributed by atoms with Crippen LogP contribution in [-0.4, -0.2) is 8.07 Å². The molecule has 2 unspecified atom stereocenters. The van der Waals surface area contributed by atoms with Gasteiger partial charge in [0.25, 0.3) is 0 Å².